The van der Waals surface area contributed by atoms with Crippen molar-refractivity contribution in [1.29, 1.82) is 0 Å². The Hall–Kier alpha value is -2.55. The van der Waals surface area contributed by atoms with Crippen LogP contribution in [0, 0.1) is 0 Å². The lowest BCUT2D eigenvalue weighted by atomic mass is 10.1. The molecule has 1 unspecified atom stereocenters. The Morgan fingerprint density at radius 2 is 1.81 bits per heavy atom. The van der Waals surface area contributed by atoms with E-state index >= 15 is 0 Å². The number of imide groups is 1. The highest BCUT2D eigenvalue weighted by atomic mass is 79.9. The first-order valence-corrected chi connectivity index (χ1v) is 9.04. The van der Waals surface area contributed by atoms with E-state index in [-0.39, 0.29) is 18.0 Å². The number of halogens is 1. The monoisotopic (exact) mass is 417 g/mol. The van der Waals surface area contributed by atoms with Gasteiger partial charge in [-0.1, -0.05) is 21.0 Å². The predicted octanol–water partition coefficient (Wildman–Crippen LogP) is 1.79. The van der Waals surface area contributed by atoms with Crippen LogP contribution in [-0.2, 0) is 4.79 Å². The third-order valence-corrected chi connectivity index (χ3v) is 5.30. The number of anilines is 1. The summed E-state index contributed by atoms with van der Waals surface area (Å²) >= 11 is 3.43. The Balaban J connectivity index is 1.99. The average molecular weight is 418 g/mol. The first-order valence-electron chi connectivity index (χ1n) is 8.25. The van der Waals surface area contributed by atoms with E-state index in [1.807, 2.05) is 47.6 Å². The lowest BCUT2D eigenvalue weighted by Gasteiger charge is -2.29. The Kier molecular flexibility index (Phi) is 3.72. The minimum atomic E-state index is -0.595. The van der Waals surface area contributed by atoms with Crippen LogP contribution in [0.25, 0.3) is 11.4 Å². The molecule has 0 fully saturated rings. The fraction of sp³-hybridized carbons (Fsp3) is 0.353. The van der Waals surface area contributed by atoms with Gasteiger partial charge in [-0.05, 0) is 38.1 Å². The number of likely N-dealkylation sites (N-methyl/N-ethyl adjacent to an activating group) is 1. The Morgan fingerprint density at radius 3 is 2.42 bits per heavy atom. The van der Waals surface area contributed by atoms with Crippen LogP contribution in [0.15, 0.2) is 28.7 Å². The van der Waals surface area contributed by atoms with Crippen LogP contribution in [0.1, 0.15) is 13.8 Å². The molecule has 0 spiro atoms. The molecule has 2 aromatic rings. The van der Waals surface area contributed by atoms with E-state index in [2.05, 4.69) is 26.1 Å². The molecular weight excluding hydrogens is 400 g/mol. The predicted molar refractivity (Wildman–Crippen MR) is 99.3 cm³/mol. The minimum Gasteiger partial charge on any atom is -0.303 e. The maximum absolute atomic E-state index is 12.9. The van der Waals surface area contributed by atoms with E-state index in [9.17, 15) is 9.59 Å². The van der Waals surface area contributed by atoms with Crippen LogP contribution in [0.4, 0.5) is 10.7 Å². The number of rotatable bonds is 2. The van der Waals surface area contributed by atoms with Gasteiger partial charge in [0.1, 0.15) is 0 Å². The molecule has 134 valence electrons. The third kappa shape index (κ3) is 2.16. The third-order valence-electron chi connectivity index (χ3n) is 4.77. The van der Waals surface area contributed by atoms with E-state index in [1.54, 1.807) is 7.05 Å². The number of carbonyl (C=O) groups excluding carboxylic acids is 2. The van der Waals surface area contributed by atoms with Crippen molar-refractivity contribution in [2.24, 2.45) is 0 Å². The van der Waals surface area contributed by atoms with Gasteiger partial charge in [0.2, 0.25) is 17.7 Å². The number of fused-ring (bicyclic) bond motifs is 3. The standard InChI is InChI=1S/C17H18BrN6O2/c1-9(2)23-12-14(21(3)17(26)22(4)15(12)25)24-13(19-20-16(23)24)10-5-7-11(18)8-6-10/h5-9,12H,1-4H3/q+1. The normalized spacial score (nSPS) is 19.5. The summed E-state index contributed by atoms with van der Waals surface area (Å²) in [6, 6.07) is 6.74. The van der Waals surface area contributed by atoms with E-state index in [4.69, 9.17) is 0 Å². The molecule has 1 aromatic carbocycles. The summed E-state index contributed by atoms with van der Waals surface area (Å²) in [5.74, 6) is 1.49. The summed E-state index contributed by atoms with van der Waals surface area (Å²) in [5.41, 5.74) is 0.857. The van der Waals surface area contributed by atoms with Gasteiger partial charge in [0.05, 0.1) is 14.1 Å². The fourth-order valence-corrected chi connectivity index (χ4v) is 3.76. The molecule has 4 rings (SSSR count). The zero-order valence-electron chi connectivity index (χ0n) is 14.8. The maximum Gasteiger partial charge on any atom is 0.445 e. The highest BCUT2D eigenvalue weighted by molar-refractivity contribution is 9.10. The fourth-order valence-electron chi connectivity index (χ4n) is 3.49. The van der Waals surface area contributed by atoms with Gasteiger partial charge in [0.25, 0.3) is 5.95 Å². The quantitative estimate of drug-likeness (QED) is 0.696. The number of carbonyl (C=O) groups is 2. The van der Waals surface area contributed by atoms with Gasteiger partial charge in [-0.3, -0.25) is 4.79 Å². The van der Waals surface area contributed by atoms with Crippen LogP contribution in [0.3, 0.4) is 0 Å². The molecule has 1 atom stereocenters. The number of hydrogen-bond donors (Lipinski definition) is 0. The van der Waals surface area contributed by atoms with Crippen LogP contribution < -0.4 is 4.90 Å². The Labute approximate surface area is 158 Å². The van der Waals surface area contributed by atoms with Crippen molar-refractivity contribution < 1.29 is 14.2 Å². The summed E-state index contributed by atoms with van der Waals surface area (Å²) < 4.78 is 4.28. The number of hydrogen-bond acceptors (Lipinski definition) is 5. The summed E-state index contributed by atoms with van der Waals surface area (Å²) in [6.07, 6.45) is 0. The Bertz CT molecular complexity index is 962. The maximum atomic E-state index is 12.9. The van der Waals surface area contributed by atoms with Crippen molar-refractivity contribution in [2.75, 3.05) is 19.0 Å². The molecule has 2 aliphatic heterocycles. The van der Waals surface area contributed by atoms with Gasteiger partial charge >= 0.3 is 11.9 Å². The van der Waals surface area contributed by atoms with E-state index in [1.165, 1.54) is 11.6 Å². The van der Waals surface area contributed by atoms with Crippen molar-refractivity contribution >= 4 is 39.7 Å². The van der Waals surface area contributed by atoms with Crippen LogP contribution in [-0.4, -0.2) is 68.2 Å². The van der Waals surface area contributed by atoms with Crippen molar-refractivity contribution in [2.45, 2.75) is 25.9 Å². The number of amides is 3. The van der Waals surface area contributed by atoms with Crippen molar-refractivity contribution in [3.8, 4) is 11.4 Å². The second-order valence-electron chi connectivity index (χ2n) is 6.67. The Morgan fingerprint density at radius 1 is 1.15 bits per heavy atom. The molecule has 3 heterocycles. The molecule has 1 aromatic heterocycles. The molecule has 2 aliphatic rings. The molecule has 0 radical (unpaired) electrons. The van der Waals surface area contributed by atoms with Crippen LogP contribution >= 0.6 is 15.9 Å². The molecule has 3 amide bonds. The lowest BCUT2D eigenvalue weighted by molar-refractivity contribution is -0.407. The second kappa shape index (κ2) is 5.73. The highest BCUT2D eigenvalue weighted by Crippen LogP contribution is 2.34. The first kappa shape index (κ1) is 16.9. The summed E-state index contributed by atoms with van der Waals surface area (Å²) in [4.78, 5) is 28.5. The molecule has 0 N–H and O–H groups in total. The molecule has 8 nitrogen and oxygen atoms in total. The summed E-state index contributed by atoms with van der Waals surface area (Å²) in [7, 11) is 3.18. The zero-order chi connectivity index (χ0) is 18.7. The molecule has 0 saturated heterocycles. The van der Waals surface area contributed by atoms with E-state index < -0.39 is 6.04 Å². The highest BCUT2D eigenvalue weighted by Gasteiger charge is 2.56. The van der Waals surface area contributed by atoms with Crippen LogP contribution in [0.5, 0.6) is 0 Å². The van der Waals surface area contributed by atoms with Crippen molar-refractivity contribution in [3.63, 3.8) is 0 Å². The SMILES string of the molecule is CC(C)N1c2nnc(-c3ccc(Br)cc3)n2C2=[N+](C)C(=O)N(C)C(=O)C21. The summed E-state index contributed by atoms with van der Waals surface area (Å²) in [6.45, 7) is 3.98. The largest absolute Gasteiger partial charge is 0.445 e. The van der Waals surface area contributed by atoms with Gasteiger partial charge in [-0.15, -0.1) is 5.10 Å². The molecule has 9 heteroatoms. The van der Waals surface area contributed by atoms with Gasteiger partial charge in [-0.25, -0.2) is 9.37 Å². The molecule has 0 aliphatic carbocycles. The lowest BCUT2D eigenvalue weighted by Crippen LogP contribution is -2.60. The van der Waals surface area contributed by atoms with E-state index in [0.717, 1.165) is 14.9 Å². The molecule has 0 bridgehead atoms. The van der Waals surface area contributed by atoms with Gasteiger partial charge in [0.15, 0.2) is 0 Å². The number of aromatic nitrogens is 3. The molecular formula is C17H18BrN6O2+. The van der Waals surface area contributed by atoms with E-state index in [0.29, 0.717) is 17.6 Å². The first-order chi connectivity index (χ1) is 12.3. The smallest absolute Gasteiger partial charge is 0.303 e. The average Bonchev–Trinajstić information content (AvgIpc) is 3.16. The van der Waals surface area contributed by atoms with Gasteiger partial charge in [-0.2, -0.15) is 9.47 Å². The molecule has 26 heavy (non-hydrogen) atoms. The topological polar surface area (TPSA) is 74.3 Å². The van der Waals surface area contributed by atoms with Gasteiger partial charge in [0, 0.05) is 16.1 Å². The summed E-state index contributed by atoms with van der Waals surface area (Å²) in [5, 5.41) is 8.68. The number of nitrogens with zero attached hydrogens (tertiary/aromatic N) is 6. The van der Waals surface area contributed by atoms with Crippen molar-refractivity contribution in [1.82, 2.24) is 19.7 Å². The second-order valence-corrected chi connectivity index (χ2v) is 7.58. The molecule has 0 saturated carbocycles. The van der Waals surface area contributed by atoms with Gasteiger partial charge < -0.3 is 4.90 Å². The number of benzene rings is 1. The number of urea groups is 1. The van der Waals surface area contributed by atoms with Crippen molar-refractivity contribution in [3.05, 3.63) is 28.7 Å². The minimum absolute atomic E-state index is 0.0113. The zero-order valence-corrected chi connectivity index (χ0v) is 16.4. The van der Waals surface area contributed by atoms with Crippen LogP contribution in [0.2, 0.25) is 0 Å².